The Morgan fingerprint density at radius 1 is 1.20 bits per heavy atom. The topological polar surface area (TPSA) is 87.2 Å². The van der Waals surface area contributed by atoms with Crippen LogP contribution in [0.1, 0.15) is 0 Å². The Morgan fingerprint density at radius 3 is 2.20 bits per heavy atom. The average Bonchev–Trinajstić information content (AvgIpc) is 2.42. The van der Waals surface area contributed by atoms with E-state index < -0.39 is 24.3 Å². The summed E-state index contributed by atoms with van der Waals surface area (Å²) >= 11 is 0. The predicted molar refractivity (Wildman–Crippen MR) is 69.6 cm³/mol. The van der Waals surface area contributed by atoms with Crippen molar-refractivity contribution >= 4 is 23.5 Å². The zero-order chi connectivity index (χ0) is 14.7. The lowest BCUT2D eigenvalue weighted by Crippen LogP contribution is -2.55. The molecule has 2 amide bonds. The molecule has 1 aromatic rings. The third kappa shape index (κ3) is 2.87. The van der Waals surface area contributed by atoms with Crippen LogP contribution in [0.25, 0.3) is 0 Å². The van der Waals surface area contributed by atoms with Gasteiger partial charge in [0.25, 0.3) is 0 Å². The first-order valence-electron chi connectivity index (χ1n) is 5.95. The molecule has 106 valence electrons. The molecule has 0 atom stereocenters. The molecule has 0 unspecified atom stereocenters. The van der Waals surface area contributed by atoms with E-state index in [9.17, 15) is 14.4 Å². The van der Waals surface area contributed by atoms with Crippen molar-refractivity contribution in [3.05, 3.63) is 24.3 Å². The number of imide groups is 1. The predicted octanol–water partition coefficient (Wildman–Crippen LogP) is -0.0450. The second kappa shape index (κ2) is 5.60. The fourth-order valence-corrected chi connectivity index (χ4v) is 1.98. The molecule has 0 aromatic heterocycles. The number of nitrogens with zero attached hydrogens (tertiary/aromatic N) is 2. The van der Waals surface area contributed by atoms with Gasteiger partial charge in [0.15, 0.2) is 0 Å². The van der Waals surface area contributed by atoms with Crippen LogP contribution in [-0.4, -0.2) is 54.5 Å². The van der Waals surface area contributed by atoms with Crippen LogP contribution in [0.2, 0.25) is 0 Å². The molecule has 1 aliphatic heterocycles. The van der Waals surface area contributed by atoms with Gasteiger partial charge in [0, 0.05) is 5.69 Å². The minimum absolute atomic E-state index is 0.0225. The van der Waals surface area contributed by atoms with Gasteiger partial charge in [-0.05, 0) is 24.3 Å². The maximum Gasteiger partial charge on any atom is 0.323 e. The van der Waals surface area contributed by atoms with Gasteiger partial charge in [0.1, 0.15) is 12.3 Å². The summed E-state index contributed by atoms with van der Waals surface area (Å²) in [5, 5.41) is 8.67. The van der Waals surface area contributed by atoms with E-state index in [1.165, 1.54) is 0 Å². The molecule has 1 saturated heterocycles. The molecular formula is C13H14N2O5. The molecule has 1 N–H and O–H groups in total. The lowest BCUT2D eigenvalue weighted by molar-refractivity contribution is -0.153. The lowest BCUT2D eigenvalue weighted by Gasteiger charge is -2.33. The van der Waals surface area contributed by atoms with Crippen molar-refractivity contribution in [3.8, 4) is 5.75 Å². The molecule has 1 aliphatic rings. The van der Waals surface area contributed by atoms with Gasteiger partial charge in [-0.25, -0.2) is 0 Å². The molecular weight excluding hydrogens is 264 g/mol. The lowest BCUT2D eigenvalue weighted by atomic mass is 10.2. The number of anilines is 1. The maximum atomic E-state index is 11.8. The Labute approximate surface area is 115 Å². The van der Waals surface area contributed by atoms with Crippen molar-refractivity contribution in [3.63, 3.8) is 0 Å². The van der Waals surface area contributed by atoms with Gasteiger partial charge in [-0.1, -0.05) is 0 Å². The molecule has 20 heavy (non-hydrogen) atoms. The summed E-state index contributed by atoms with van der Waals surface area (Å²) in [6, 6.07) is 6.94. The summed E-state index contributed by atoms with van der Waals surface area (Å²) in [6.45, 7) is -0.634. The van der Waals surface area contributed by atoms with Crippen LogP contribution in [0.4, 0.5) is 5.69 Å². The normalized spacial score (nSPS) is 15.4. The smallest absolute Gasteiger partial charge is 0.323 e. The van der Waals surface area contributed by atoms with Crippen molar-refractivity contribution in [2.45, 2.75) is 0 Å². The molecule has 7 heteroatoms. The van der Waals surface area contributed by atoms with Gasteiger partial charge in [-0.2, -0.15) is 0 Å². The first-order valence-corrected chi connectivity index (χ1v) is 5.95. The average molecular weight is 278 g/mol. The summed E-state index contributed by atoms with van der Waals surface area (Å²) in [5.74, 6) is -1.56. The number of ether oxygens (including phenoxy) is 1. The highest BCUT2D eigenvalue weighted by atomic mass is 16.5. The van der Waals surface area contributed by atoms with E-state index in [0.29, 0.717) is 11.4 Å². The fraction of sp³-hybridized carbons (Fsp3) is 0.308. The Kier molecular flexibility index (Phi) is 3.88. The van der Waals surface area contributed by atoms with Crippen molar-refractivity contribution in [1.29, 1.82) is 0 Å². The van der Waals surface area contributed by atoms with E-state index in [-0.39, 0.29) is 13.1 Å². The van der Waals surface area contributed by atoms with Gasteiger partial charge in [0.2, 0.25) is 11.8 Å². The third-order valence-electron chi connectivity index (χ3n) is 2.99. The molecule has 0 radical (unpaired) electrons. The van der Waals surface area contributed by atoms with Crippen molar-refractivity contribution in [2.24, 2.45) is 0 Å². The summed E-state index contributed by atoms with van der Waals surface area (Å²) < 4.78 is 5.03. The number of amides is 2. The number of hydrogen-bond acceptors (Lipinski definition) is 5. The molecule has 0 bridgehead atoms. The first-order chi connectivity index (χ1) is 9.51. The van der Waals surface area contributed by atoms with Crippen LogP contribution in [0, 0.1) is 0 Å². The van der Waals surface area contributed by atoms with Crippen LogP contribution < -0.4 is 9.64 Å². The van der Waals surface area contributed by atoms with Crippen molar-refractivity contribution < 1.29 is 24.2 Å². The van der Waals surface area contributed by atoms with Crippen LogP contribution >= 0.6 is 0 Å². The van der Waals surface area contributed by atoms with Gasteiger partial charge < -0.3 is 14.7 Å². The number of aliphatic carboxylic acids is 1. The van der Waals surface area contributed by atoms with E-state index in [2.05, 4.69) is 0 Å². The minimum Gasteiger partial charge on any atom is -0.497 e. The molecule has 1 heterocycles. The van der Waals surface area contributed by atoms with E-state index in [0.717, 1.165) is 4.90 Å². The van der Waals surface area contributed by atoms with E-state index >= 15 is 0 Å². The third-order valence-corrected chi connectivity index (χ3v) is 2.99. The van der Waals surface area contributed by atoms with Gasteiger partial charge in [-0.3, -0.25) is 19.3 Å². The van der Waals surface area contributed by atoms with Crippen molar-refractivity contribution in [1.82, 2.24) is 4.90 Å². The zero-order valence-corrected chi connectivity index (χ0v) is 10.9. The number of rotatable bonds is 4. The number of hydrogen-bond donors (Lipinski definition) is 1. The highest BCUT2D eigenvalue weighted by Crippen LogP contribution is 2.21. The van der Waals surface area contributed by atoms with Crippen LogP contribution in [0.15, 0.2) is 24.3 Å². The second-order valence-corrected chi connectivity index (χ2v) is 4.32. The number of benzene rings is 1. The quantitative estimate of drug-likeness (QED) is 0.777. The summed E-state index contributed by atoms with van der Waals surface area (Å²) in [7, 11) is 1.55. The van der Waals surface area contributed by atoms with E-state index in [4.69, 9.17) is 9.84 Å². The number of carbonyl (C=O) groups is 3. The highest BCUT2D eigenvalue weighted by Gasteiger charge is 2.32. The number of piperazine rings is 1. The number of carbonyl (C=O) groups excluding carboxylic acids is 2. The number of methoxy groups -OCH3 is 1. The second-order valence-electron chi connectivity index (χ2n) is 4.32. The Hall–Kier alpha value is -2.57. The molecule has 0 spiro atoms. The van der Waals surface area contributed by atoms with Crippen LogP contribution in [-0.2, 0) is 14.4 Å². The maximum absolute atomic E-state index is 11.8. The molecule has 1 fully saturated rings. The number of carboxylic acids is 1. The van der Waals surface area contributed by atoms with Gasteiger partial charge >= 0.3 is 5.97 Å². The Morgan fingerprint density at radius 2 is 1.75 bits per heavy atom. The molecule has 7 nitrogen and oxygen atoms in total. The standard InChI is InChI=1S/C13H14N2O5/c1-20-10-4-2-9(3-5-10)14-6-11(16)15(8-13(18)19)12(17)7-14/h2-5H,6-8H2,1H3,(H,18,19). The number of carboxylic acid groups (broad SMARTS) is 1. The fourth-order valence-electron chi connectivity index (χ4n) is 1.98. The van der Waals surface area contributed by atoms with E-state index in [1.54, 1.807) is 36.3 Å². The van der Waals surface area contributed by atoms with Crippen molar-refractivity contribution in [2.75, 3.05) is 31.6 Å². The first kappa shape index (κ1) is 13.9. The molecule has 2 rings (SSSR count). The summed E-state index contributed by atoms with van der Waals surface area (Å²) in [5.41, 5.74) is 0.711. The Balaban J connectivity index is 2.11. The highest BCUT2D eigenvalue weighted by molar-refractivity contribution is 6.04. The Bertz CT molecular complexity index is 522. The SMILES string of the molecule is COc1ccc(N2CC(=O)N(CC(=O)O)C(=O)C2)cc1. The van der Waals surface area contributed by atoms with Crippen LogP contribution in [0.5, 0.6) is 5.75 Å². The summed E-state index contributed by atoms with van der Waals surface area (Å²) in [6.07, 6.45) is 0. The summed E-state index contributed by atoms with van der Waals surface area (Å²) in [4.78, 5) is 36.6. The van der Waals surface area contributed by atoms with Gasteiger partial charge in [0.05, 0.1) is 20.2 Å². The van der Waals surface area contributed by atoms with Crippen LogP contribution in [0.3, 0.4) is 0 Å². The monoisotopic (exact) mass is 278 g/mol. The molecule has 0 saturated carbocycles. The van der Waals surface area contributed by atoms with E-state index in [1.807, 2.05) is 0 Å². The molecule has 1 aromatic carbocycles. The zero-order valence-electron chi connectivity index (χ0n) is 10.9. The molecule has 0 aliphatic carbocycles. The minimum atomic E-state index is -1.20. The largest absolute Gasteiger partial charge is 0.497 e. The van der Waals surface area contributed by atoms with Gasteiger partial charge in [-0.15, -0.1) is 0 Å².